The van der Waals surface area contributed by atoms with Crippen LogP contribution in [0, 0.1) is 12.5 Å². The third kappa shape index (κ3) is 4.83. The highest BCUT2D eigenvalue weighted by molar-refractivity contribution is 5.76. The molecule has 0 heterocycles. The molecule has 0 radical (unpaired) electrons. The van der Waals surface area contributed by atoms with Crippen LogP contribution in [0.25, 0.3) is 0 Å². The molecule has 0 rings (SSSR count). The van der Waals surface area contributed by atoms with Crippen LogP contribution in [0.4, 0.5) is 0 Å². The molecule has 0 spiro atoms. The van der Waals surface area contributed by atoms with Gasteiger partial charge in [-0.15, -0.1) is 0 Å². The topological polar surface area (TPSA) is 55.1 Å². The lowest BCUT2D eigenvalue weighted by Gasteiger charge is -1.86. The van der Waals surface area contributed by atoms with E-state index >= 15 is 0 Å². The molecule has 0 unspecified atom stereocenters. The number of nitrogens with two attached hydrogens (primary N) is 1. The third-order valence-corrected chi connectivity index (χ3v) is 0.365. The zero-order valence-electron chi connectivity index (χ0n) is 3.77. The van der Waals surface area contributed by atoms with Gasteiger partial charge in [-0.1, -0.05) is 6.42 Å². The smallest absolute Gasteiger partial charge is 0.237 e. The van der Waals surface area contributed by atoms with Crippen LogP contribution in [0.1, 0.15) is 0 Å². The number of hydrogen-bond donors (Lipinski definition) is 2. The average Bonchev–Trinajstić information content (AvgIpc) is 1.61. The zero-order valence-corrected chi connectivity index (χ0v) is 3.77. The minimum Gasteiger partial charge on any atom is -0.368 e. The second-order valence-corrected chi connectivity index (χ2v) is 0.964. The molecular weight excluding hydrogens is 92.1 g/mol. The number of carbonyl (C=O) groups excluding carboxylic acids is 1. The fraction of sp³-hybridized carbons (Fsp3) is 0.250. The van der Waals surface area contributed by atoms with E-state index in [1.54, 1.807) is 0 Å². The van der Waals surface area contributed by atoms with Crippen LogP contribution in [-0.4, -0.2) is 12.5 Å². The van der Waals surface area contributed by atoms with Gasteiger partial charge in [0.05, 0.1) is 0 Å². The van der Waals surface area contributed by atoms with Gasteiger partial charge < -0.3 is 11.1 Å². The van der Waals surface area contributed by atoms with E-state index in [9.17, 15) is 4.79 Å². The summed E-state index contributed by atoms with van der Waals surface area (Å²) in [6.45, 7) is 0.0521. The Morgan fingerprint density at radius 1 is 2.00 bits per heavy atom. The van der Waals surface area contributed by atoms with Crippen molar-refractivity contribution in [2.45, 2.75) is 0 Å². The SMILES string of the molecule is C#CNCC(N)=O. The van der Waals surface area contributed by atoms with Crippen LogP contribution in [0.2, 0.25) is 0 Å². The lowest BCUT2D eigenvalue weighted by atomic mass is 10.6. The van der Waals surface area contributed by atoms with Gasteiger partial charge in [0.1, 0.15) is 6.54 Å². The number of rotatable bonds is 2. The summed E-state index contributed by atoms with van der Waals surface area (Å²) in [6, 6.07) is 2.05. The van der Waals surface area contributed by atoms with Gasteiger partial charge in [-0.05, 0) is 0 Å². The highest BCUT2D eigenvalue weighted by Gasteiger charge is 1.84. The van der Waals surface area contributed by atoms with E-state index in [4.69, 9.17) is 6.42 Å². The van der Waals surface area contributed by atoms with E-state index in [1.807, 2.05) is 6.04 Å². The minimum absolute atomic E-state index is 0.0521. The summed E-state index contributed by atoms with van der Waals surface area (Å²) in [7, 11) is 0. The van der Waals surface area contributed by atoms with Crippen molar-refractivity contribution in [3.05, 3.63) is 0 Å². The van der Waals surface area contributed by atoms with Crippen LogP contribution < -0.4 is 11.1 Å². The van der Waals surface area contributed by atoms with Crippen LogP contribution in [0.5, 0.6) is 0 Å². The molecule has 3 N–H and O–H groups in total. The lowest BCUT2D eigenvalue weighted by molar-refractivity contribution is -0.117. The molecular formula is C4H6N2O. The molecule has 38 valence electrons. The summed E-state index contributed by atoms with van der Waals surface area (Å²) in [6.07, 6.45) is 4.71. The normalized spacial score (nSPS) is 6.71. The van der Waals surface area contributed by atoms with E-state index < -0.39 is 5.91 Å². The van der Waals surface area contributed by atoms with Crippen LogP contribution >= 0.6 is 0 Å². The molecule has 0 aromatic carbocycles. The van der Waals surface area contributed by atoms with Crippen LogP contribution in [0.15, 0.2) is 0 Å². The Kier molecular flexibility index (Phi) is 2.53. The first-order valence-corrected chi connectivity index (χ1v) is 1.74. The Balaban J connectivity index is 3.02. The molecule has 0 aliphatic rings. The molecule has 3 nitrogen and oxygen atoms in total. The van der Waals surface area contributed by atoms with Crippen molar-refractivity contribution in [1.82, 2.24) is 5.32 Å². The second kappa shape index (κ2) is 3.04. The molecule has 1 amide bonds. The molecule has 3 heteroatoms. The summed E-state index contributed by atoms with van der Waals surface area (Å²) in [5, 5.41) is 2.30. The maximum Gasteiger partial charge on any atom is 0.237 e. The molecule has 0 aliphatic heterocycles. The van der Waals surface area contributed by atoms with Crippen molar-refractivity contribution in [2.24, 2.45) is 5.73 Å². The summed E-state index contributed by atoms with van der Waals surface area (Å²) in [4.78, 5) is 9.82. The van der Waals surface area contributed by atoms with Crippen molar-refractivity contribution in [2.75, 3.05) is 6.54 Å². The van der Waals surface area contributed by atoms with Crippen molar-refractivity contribution in [3.63, 3.8) is 0 Å². The number of nitrogens with one attached hydrogen (secondary N) is 1. The minimum atomic E-state index is -0.446. The molecule has 0 atom stereocenters. The second-order valence-electron chi connectivity index (χ2n) is 0.964. The first-order chi connectivity index (χ1) is 3.27. The predicted molar refractivity (Wildman–Crippen MR) is 26.0 cm³/mol. The molecule has 0 fully saturated rings. The van der Waals surface area contributed by atoms with E-state index in [2.05, 4.69) is 11.1 Å². The maximum absolute atomic E-state index is 9.82. The number of terminal acetylenes is 1. The summed E-state index contributed by atoms with van der Waals surface area (Å²) in [5.74, 6) is -0.446. The van der Waals surface area contributed by atoms with Crippen molar-refractivity contribution in [3.8, 4) is 12.5 Å². The van der Waals surface area contributed by atoms with Gasteiger partial charge in [0, 0.05) is 6.04 Å². The monoisotopic (exact) mass is 98.0 g/mol. The molecule has 0 aliphatic carbocycles. The largest absolute Gasteiger partial charge is 0.368 e. The molecule has 0 aromatic rings. The van der Waals surface area contributed by atoms with Gasteiger partial charge in [0.2, 0.25) is 5.91 Å². The van der Waals surface area contributed by atoms with E-state index in [-0.39, 0.29) is 6.54 Å². The van der Waals surface area contributed by atoms with Gasteiger partial charge in [-0.3, -0.25) is 4.79 Å². The Labute approximate surface area is 41.9 Å². The fourth-order valence-corrected chi connectivity index (χ4v) is 0.138. The first kappa shape index (κ1) is 5.83. The lowest BCUT2D eigenvalue weighted by Crippen LogP contribution is -2.24. The molecule has 0 saturated heterocycles. The quantitative estimate of drug-likeness (QED) is 0.331. The third-order valence-electron chi connectivity index (χ3n) is 0.365. The Hall–Kier alpha value is -1.17. The maximum atomic E-state index is 9.82. The Bertz CT molecular complexity index is 103. The highest BCUT2D eigenvalue weighted by Crippen LogP contribution is 1.48. The van der Waals surface area contributed by atoms with Gasteiger partial charge in [0.25, 0.3) is 0 Å². The molecule has 7 heavy (non-hydrogen) atoms. The van der Waals surface area contributed by atoms with Crippen LogP contribution in [-0.2, 0) is 4.79 Å². The first-order valence-electron chi connectivity index (χ1n) is 1.74. The Morgan fingerprint density at radius 3 is 2.71 bits per heavy atom. The van der Waals surface area contributed by atoms with E-state index in [0.717, 1.165) is 0 Å². The van der Waals surface area contributed by atoms with E-state index in [0.29, 0.717) is 0 Å². The van der Waals surface area contributed by atoms with Crippen molar-refractivity contribution in [1.29, 1.82) is 0 Å². The van der Waals surface area contributed by atoms with Gasteiger partial charge in [-0.25, -0.2) is 0 Å². The Morgan fingerprint density at radius 2 is 2.57 bits per heavy atom. The molecule has 0 bridgehead atoms. The van der Waals surface area contributed by atoms with Crippen LogP contribution in [0.3, 0.4) is 0 Å². The predicted octanol–water partition coefficient (Wildman–Crippen LogP) is -1.35. The average molecular weight is 98.1 g/mol. The van der Waals surface area contributed by atoms with E-state index in [1.165, 1.54) is 0 Å². The molecule has 0 aromatic heterocycles. The number of hydrogen-bond acceptors (Lipinski definition) is 2. The van der Waals surface area contributed by atoms with Gasteiger partial charge in [0.15, 0.2) is 0 Å². The summed E-state index contributed by atoms with van der Waals surface area (Å²) >= 11 is 0. The summed E-state index contributed by atoms with van der Waals surface area (Å²) < 4.78 is 0. The highest BCUT2D eigenvalue weighted by atomic mass is 16.1. The molecule has 0 saturated carbocycles. The van der Waals surface area contributed by atoms with Gasteiger partial charge >= 0.3 is 0 Å². The summed E-state index contributed by atoms with van der Waals surface area (Å²) in [5.41, 5.74) is 4.68. The fourth-order valence-electron chi connectivity index (χ4n) is 0.138. The zero-order chi connectivity index (χ0) is 5.70. The standard InChI is InChI=1S/C4H6N2O/c1-2-6-3-4(5)7/h1,6H,3H2,(H2,5,7). The number of amides is 1. The number of primary amides is 1. The van der Waals surface area contributed by atoms with Gasteiger partial charge in [-0.2, -0.15) is 0 Å². The van der Waals surface area contributed by atoms with Crippen molar-refractivity contribution >= 4 is 5.91 Å². The number of carbonyl (C=O) groups is 1. The van der Waals surface area contributed by atoms with Crippen molar-refractivity contribution < 1.29 is 4.79 Å².